The summed E-state index contributed by atoms with van der Waals surface area (Å²) in [5.41, 5.74) is 24.3. The van der Waals surface area contributed by atoms with Gasteiger partial charge in [-0.3, -0.25) is 0 Å². The van der Waals surface area contributed by atoms with Crippen LogP contribution in [0, 0.1) is 0 Å². The quantitative estimate of drug-likeness (QED) is 0.101. The molecule has 0 fully saturated rings. The van der Waals surface area contributed by atoms with Crippen LogP contribution >= 0.6 is 0 Å². The number of hydrogen-bond donors (Lipinski definition) is 0. The fourth-order valence-electron chi connectivity index (χ4n) is 18.5. The number of benzene rings is 20. The maximum atomic E-state index is 6.63. The predicted molar refractivity (Wildman–Crippen MR) is 508 cm³/mol. The van der Waals surface area contributed by atoms with E-state index in [4.69, 9.17) is 13.3 Å². The maximum absolute atomic E-state index is 6.63. The molecule has 0 unspecified atom stereocenters. The van der Waals surface area contributed by atoms with Crippen molar-refractivity contribution in [2.75, 3.05) is 14.7 Å². The van der Waals surface area contributed by atoms with Gasteiger partial charge in [-0.15, -0.1) is 0 Å². The third-order valence-electron chi connectivity index (χ3n) is 24.4. The van der Waals surface area contributed by atoms with Gasteiger partial charge in [0.25, 0.3) is 0 Å². The lowest BCUT2D eigenvalue weighted by Gasteiger charge is -2.30. The molecule has 0 radical (unpaired) electrons. The van der Waals surface area contributed by atoms with Gasteiger partial charge in [0.1, 0.15) is 33.5 Å². The van der Waals surface area contributed by atoms with Crippen LogP contribution in [0.2, 0.25) is 0 Å². The summed E-state index contributed by atoms with van der Waals surface area (Å²) in [4.78, 5) is 7.31. The van der Waals surface area contributed by atoms with Crippen molar-refractivity contribution in [3.05, 3.63) is 418 Å². The highest BCUT2D eigenvalue weighted by molar-refractivity contribution is 6.26. The lowest BCUT2D eigenvalue weighted by atomic mass is 9.89. The molecule has 0 aliphatic rings. The van der Waals surface area contributed by atoms with Crippen molar-refractivity contribution in [2.45, 2.75) is 39.5 Å². The third kappa shape index (κ3) is 12.2. The first-order valence-corrected chi connectivity index (χ1v) is 41.6. The molecule has 0 saturated heterocycles. The van der Waals surface area contributed by atoms with Crippen LogP contribution in [0.3, 0.4) is 0 Å². The van der Waals surface area contributed by atoms with Gasteiger partial charge < -0.3 is 28.0 Å². The van der Waals surface area contributed by atoms with Gasteiger partial charge >= 0.3 is 0 Å². The van der Waals surface area contributed by atoms with Gasteiger partial charge in [0, 0.05) is 99.3 Å². The summed E-state index contributed by atoms with van der Waals surface area (Å²) in [6.45, 7) is 9.16. The van der Waals surface area contributed by atoms with Gasteiger partial charge in [-0.2, -0.15) is 0 Å². The normalized spacial score (nSPS) is 11.8. The average Bonchev–Trinajstić information content (AvgIpc) is 1.03. The van der Waals surface area contributed by atoms with Gasteiger partial charge in [-0.05, 0) is 209 Å². The zero-order valence-corrected chi connectivity index (χ0v) is 66.9. The highest BCUT2D eigenvalue weighted by Gasteiger charge is 2.27. The molecule has 23 aromatic rings. The van der Waals surface area contributed by atoms with Crippen LogP contribution in [0.5, 0.6) is 0 Å². The molecule has 570 valence electrons. The van der Waals surface area contributed by atoms with Crippen molar-refractivity contribution in [1.29, 1.82) is 0 Å². The number of nitrogens with zero attached hydrogens (tertiary/aromatic N) is 3. The molecular weight excluding hydrogens is 1460 g/mol. The van der Waals surface area contributed by atoms with Crippen LogP contribution in [0.15, 0.2) is 420 Å². The monoisotopic (exact) mass is 1540 g/mol. The highest BCUT2D eigenvalue weighted by Crippen LogP contribution is 2.52. The molecule has 0 aliphatic carbocycles. The summed E-state index contributed by atoms with van der Waals surface area (Å²) in [5, 5.41) is 21.4. The number of rotatable bonds is 14. The minimum atomic E-state index is 0.318. The van der Waals surface area contributed by atoms with Crippen molar-refractivity contribution in [1.82, 2.24) is 0 Å². The molecular formula is C114H81N3O3. The van der Waals surface area contributed by atoms with E-state index >= 15 is 0 Å². The average molecular weight is 1540 g/mol. The molecule has 3 aromatic heterocycles. The van der Waals surface area contributed by atoms with E-state index in [-0.39, 0.29) is 0 Å². The van der Waals surface area contributed by atoms with E-state index in [1.807, 2.05) is 24.3 Å². The molecule has 0 bridgehead atoms. The Labute approximate surface area is 695 Å². The molecule has 0 aliphatic heterocycles. The van der Waals surface area contributed by atoms with E-state index in [0.29, 0.717) is 11.8 Å². The van der Waals surface area contributed by atoms with Crippen molar-refractivity contribution >= 4 is 182 Å². The van der Waals surface area contributed by atoms with Gasteiger partial charge in [-0.25, -0.2) is 0 Å². The maximum Gasteiger partial charge on any atom is 0.143 e. The van der Waals surface area contributed by atoms with Crippen molar-refractivity contribution < 1.29 is 13.3 Å². The van der Waals surface area contributed by atoms with E-state index in [9.17, 15) is 0 Å². The molecule has 120 heavy (non-hydrogen) atoms. The number of para-hydroxylation sites is 9. The zero-order chi connectivity index (χ0) is 80.1. The Balaban J connectivity index is 0.000000166. The molecule has 0 saturated carbocycles. The van der Waals surface area contributed by atoms with E-state index in [0.717, 1.165) is 150 Å². The second kappa shape index (κ2) is 29.5. The Kier molecular flexibility index (Phi) is 17.5. The van der Waals surface area contributed by atoms with E-state index in [1.54, 1.807) is 0 Å². The first-order valence-electron chi connectivity index (χ1n) is 41.6. The summed E-state index contributed by atoms with van der Waals surface area (Å²) in [6.07, 6.45) is 0. The summed E-state index contributed by atoms with van der Waals surface area (Å²) < 4.78 is 19.7. The standard InChI is InChI=1S/C72H54N2O2.C42H27NO/c1-45(2)47-35-37-57-63-44-68(74(52-23-9-6-10-24-52)54-26-16-20-50(40-54)56-30-18-32-62-60-28-12-14-34-70(60)76-72(56)62)66-42-48(46(3)4)36-38-58(66)64(63)43-67(65(57)41-47)73(51-21-7-5-8-22-51)53-25-15-19-49(39-53)55-29-17-31-61-59-27-11-13-33-69(59)75-71(55)61;1-2-14-30(15-3-1)43(40-27-39-32-17-5-4-12-28(32)24-25-35(39)34-18-6-7-19-36(34)40)31-16-10-13-29(26-31)33-21-11-22-38-37-20-8-9-23-41(37)44-42(33)38/h5-46H,1-4H3;1-27H. The van der Waals surface area contributed by atoms with Crippen molar-refractivity contribution in [3.63, 3.8) is 0 Å². The molecule has 0 amide bonds. The molecule has 3 heterocycles. The Morgan fingerprint density at radius 3 is 0.858 bits per heavy atom. The molecule has 23 rings (SSSR count). The van der Waals surface area contributed by atoms with Crippen molar-refractivity contribution in [3.8, 4) is 33.4 Å². The summed E-state index contributed by atoms with van der Waals surface area (Å²) >= 11 is 0. The number of anilines is 9. The fourth-order valence-corrected chi connectivity index (χ4v) is 18.5. The SMILES string of the molecule is CC(C)c1ccc2c(c1)c(N(c1ccccc1)c1cccc(-c3cccc4c3oc3ccccc34)c1)cc1c3ccc(C(C)C)cc3c(N(c3ccccc3)c3cccc(-c4cccc5c4oc4ccccc45)c3)cc21.c1ccc(N(c2cccc(-c3cccc4c3oc3ccccc34)c2)c2cc3c4ccccc4ccc3c3ccccc23)cc1. The Bertz CT molecular complexity index is 7660. The second-order valence-corrected chi connectivity index (χ2v) is 32.1. The van der Waals surface area contributed by atoms with Crippen LogP contribution in [0.4, 0.5) is 51.2 Å². The smallest absolute Gasteiger partial charge is 0.143 e. The number of hydrogen-bond acceptors (Lipinski definition) is 6. The number of fused-ring (bicyclic) bond motifs is 19. The van der Waals surface area contributed by atoms with Crippen LogP contribution in [-0.4, -0.2) is 0 Å². The van der Waals surface area contributed by atoms with E-state index in [2.05, 4.69) is 425 Å². The van der Waals surface area contributed by atoms with Crippen LogP contribution in [0.1, 0.15) is 50.7 Å². The molecule has 0 spiro atoms. The Hall–Kier alpha value is -15.2. The Morgan fingerprint density at radius 2 is 0.467 bits per heavy atom. The lowest BCUT2D eigenvalue weighted by molar-refractivity contribution is 0.669. The van der Waals surface area contributed by atoms with Crippen LogP contribution in [0.25, 0.3) is 164 Å². The minimum absolute atomic E-state index is 0.318. The first kappa shape index (κ1) is 71.3. The summed E-state index contributed by atoms with van der Waals surface area (Å²) in [6, 6.07) is 147. The van der Waals surface area contributed by atoms with Gasteiger partial charge in [0.15, 0.2) is 0 Å². The van der Waals surface area contributed by atoms with Gasteiger partial charge in [0.05, 0.1) is 17.1 Å². The van der Waals surface area contributed by atoms with E-state index < -0.39 is 0 Å². The molecule has 6 heteroatoms. The van der Waals surface area contributed by atoms with Crippen LogP contribution in [-0.2, 0) is 0 Å². The topological polar surface area (TPSA) is 49.1 Å². The number of furan rings is 3. The molecule has 6 nitrogen and oxygen atoms in total. The van der Waals surface area contributed by atoms with Crippen LogP contribution < -0.4 is 14.7 Å². The molecule has 0 N–H and O–H groups in total. The summed E-state index contributed by atoms with van der Waals surface area (Å²) in [5.74, 6) is 0.636. The Morgan fingerprint density at radius 1 is 0.183 bits per heavy atom. The molecule has 0 atom stereocenters. The first-order chi connectivity index (χ1) is 59.2. The highest BCUT2D eigenvalue weighted by atomic mass is 16.3. The summed E-state index contributed by atoms with van der Waals surface area (Å²) in [7, 11) is 0. The minimum Gasteiger partial charge on any atom is -0.455 e. The predicted octanol–water partition coefficient (Wildman–Crippen LogP) is 33.6. The van der Waals surface area contributed by atoms with Gasteiger partial charge in [0.2, 0.25) is 0 Å². The van der Waals surface area contributed by atoms with E-state index in [1.165, 1.54) is 75.8 Å². The largest absolute Gasteiger partial charge is 0.455 e. The van der Waals surface area contributed by atoms with Crippen molar-refractivity contribution in [2.24, 2.45) is 0 Å². The third-order valence-corrected chi connectivity index (χ3v) is 24.4. The second-order valence-electron chi connectivity index (χ2n) is 32.1. The molecule has 20 aromatic carbocycles. The lowest BCUT2D eigenvalue weighted by Crippen LogP contribution is -2.12. The zero-order valence-electron chi connectivity index (χ0n) is 66.9. The fraction of sp³-hybridized carbons (Fsp3) is 0.0526. The van der Waals surface area contributed by atoms with Gasteiger partial charge in [-0.1, -0.05) is 313 Å².